The lowest BCUT2D eigenvalue weighted by atomic mass is 10.1. The minimum atomic E-state index is -0.813. The van der Waals surface area contributed by atoms with Crippen molar-refractivity contribution in [3.63, 3.8) is 0 Å². The summed E-state index contributed by atoms with van der Waals surface area (Å²) in [6, 6.07) is 16.3. The highest BCUT2D eigenvalue weighted by molar-refractivity contribution is 5.93. The van der Waals surface area contributed by atoms with Gasteiger partial charge in [-0.25, -0.2) is 13.8 Å². The van der Waals surface area contributed by atoms with E-state index in [1.54, 1.807) is 30.6 Å². The molecule has 2 heterocycles. The quantitative estimate of drug-likeness (QED) is 0.387. The Morgan fingerprint density at radius 3 is 2.56 bits per heavy atom. The molecule has 0 aliphatic carbocycles. The number of hydrogen-bond acceptors (Lipinski definition) is 4. The molecule has 2 aromatic carbocycles. The summed E-state index contributed by atoms with van der Waals surface area (Å²) in [7, 11) is 0. The Bertz CT molecular complexity index is 1210. The Morgan fingerprint density at radius 2 is 1.84 bits per heavy atom. The van der Waals surface area contributed by atoms with E-state index in [9.17, 15) is 13.6 Å². The van der Waals surface area contributed by atoms with Gasteiger partial charge in [-0.15, -0.1) is 0 Å². The normalized spacial score (nSPS) is 10.8. The number of benzene rings is 2. The molecule has 7 heteroatoms. The fraction of sp³-hybridized carbons (Fsp3) is 0.160. The third-order valence-electron chi connectivity index (χ3n) is 4.99. The van der Waals surface area contributed by atoms with Crippen molar-refractivity contribution < 1.29 is 18.0 Å². The predicted molar refractivity (Wildman–Crippen MR) is 117 cm³/mol. The molecule has 0 spiro atoms. The number of aryl methyl sites for hydroxylation is 2. The molecule has 0 radical (unpaired) electrons. The molecule has 0 aliphatic heterocycles. The zero-order chi connectivity index (χ0) is 22.5. The molecule has 5 nitrogen and oxygen atoms in total. The first-order chi connectivity index (χ1) is 15.5. The average Bonchev–Trinajstić information content (AvgIpc) is 3.26. The fourth-order valence-electron chi connectivity index (χ4n) is 3.29. The topological polar surface area (TPSA) is 59.2 Å². The first-order valence-corrected chi connectivity index (χ1v) is 10.2. The van der Waals surface area contributed by atoms with Crippen molar-refractivity contribution in [3.8, 4) is 11.3 Å². The van der Waals surface area contributed by atoms with Crippen molar-refractivity contribution >= 4 is 11.6 Å². The summed E-state index contributed by atoms with van der Waals surface area (Å²) in [5, 5.41) is 0. The zero-order valence-electron chi connectivity index (χ0n) is 17.5. The Labute approximate surface area is 184 Å². The molecule has 0 unspecified atom stereocenters. The van der Waals surface area contributed by atoms with Crippen LogP contribution in [0.15, 0.2) is 77.5 Å². The predicted octanol–water partition coefficient (Wildman–Crippen LogP) is 5.49. The van der Waals surface area contributed by atoms with Gasteiger partial charge in [0, 0.05) is 30.7 Å². The van der Waals surface area contributed by atoms with Crippen molar-refractivity contribution in [1.82, 2.24) is 9.97 Å². The minimum Gasteiger partial charge on any atom is -0.441 e. The average molecular weight is 433 g/mol. The van der Waals surface area contributed by atoms with E-state index >= 15 is 0 Å². The smallest absolute Gasteiger partial charge is 0.227 e. The van der Waals surface area contributed by atoms with Crippen molar-refractivity contribution in [2.24, 2.45) is 0 Å². The van der Waals surface area contributed by atoms with Crippen LogP contribution in [0.5, 0.6) is 0 Å². The third kappa shape index (κ3) is 5.06. The molecule has 0 bridgehead atoms. The summed E-state index contributed by atoms with van der Waals surface area (Å²) in [6.07, 6.45) is 3.50. The van der Waals surface area contributed by atoms with Gasteiger partial charge < -0.3 is 9.32 Å². The number of nitrogens with zero attached hydrogens (tertiary/aromatic N) is 3. The van der Waals surface area contributed by atoms with Gasteiger partial charge >= 0.3 is 0 Å². The van der Waals surface area contributed by atoms with Gasteiger partial charge in [0.2, 0.25) is 5.91 Å². The number of oxazole rings is 1. The van der Waals surface area contributed by atoms with Crippen molar-refractivity contribution in [2.75, 3.05) is 4.90 Å². The van der Waals surface area contributed by atoms with Crippen LogP contribution in [0.1, 0.15) is 23.6 Å². The Hall–Kier alpha value is -3.87. The molecule has 4 aromatic rings. The summed E-state index contributed by atoms with van der Waals surface area (Å²) in [6.45, 7) is 2.06. The van der Waals surface area contributed by atoms with Gasteiger partial charge in [0.1, 0.15) is 11.6 Å². The molecule has 0 saturated heterocycles. The summed E-state index contributed by atoms with van der Waals surface area (Å²) in [5.74, 6) is -0.850. The lowest BCUT2D eigenvalue weighted by Gasteiger charge is -2.23. The molecule has 0 aliphatic rings. The zero-order valence-corrected chi connectivity index (χ0v) is 17.5. The molecule has 2 aromatic heterocycles. The summed E-state index contributed by atoms with van der Waals surface area (Å²) in [4.78, 5) is 22.8. The van der Waals surface area contributed by atoms with Crippen LogP contribution in [0, 0.1) is 18.6 Å². The van der Waals surface area contributed by atoms with Crippen molar-refractivity contribution in [2.45, 2.75) is 26.3 Å². The van der Waals surface area contributed by atoms with Gasteiger partial charge in [-0.05, 0) is 31.2 Å². The van der Waals surface area contributed by atoms with Gasteiger partial charge in [-0.3, -0.25) is 9.78 Å². The number of hydrogen-bond donors (Lipinski definition) is 0. The Morgan fingerprint density at radius 1 is 1.03 bits per heavy atom. The van der Waals surface area contributed by atoms with Crippen LogP contribution in [0.2, 0.25) is 0 Å². The SMILES string of the molecule is Cc1ccc(-c2cnc(CCC(=O)N(Cc3ccccn3)c3ccc(F)cc3F)o2)cc1. The number of pyridine rings is 1. The Balaban J connectivity index is 1.50. The first-order valence-electron chi connectivity index (χ1n) is 10.2. The van der Waals surface area contributed by atoms with E-state index < -0.39 is 11.6 Å². The summed E-state index contributed by atoms with van der Waals surface area (Å²) in [5.41, 5.74) is 2.61. The molecule has 4 rings (SSSR count). The maximum atomic E-state index is 14.5. The summed E-state index contributed by atoms with van der Waals surface area (Å²) < 4.78 is 33.6. The monoisotopic (exact) mass is 433 g/mol. The standard InChI is InChI=1S/C25H21F2N3O2/c1-17-5-7-18(8-6-17)23-15-29-24(32-23)11-12-25(31)30(16-20-4-2-3-13-28-20)22-10-9-19(26)14-21(22)27/h2-10,13-15H,11-12,16H2,1H3. The molecule has 0 saturated carbocycles. The molecule has 1 amide bonds. The molecule has 162 valence electrons. The van der Waals surface area contributed by atoms with Gasteiger partial charge in [-0.1, -0.05) is 35.9 Å². The molecule has 0 fully saturated rings. The van der Waals surface area contributed by atoms with Crippen LogP contribution in [0.3, 0.4) is 0 Å². The maximum Gasteiger partial charge on any atom is 0.227 e. The van der Waals surface area contributed by atoms with E-state index in [-0.39, 0.29) is 31.0 Å². The number of rotatable bonds is 7. The van der Waals surface area contributed by atoms with E-state index in [0.717, 1.165) is 23.3 Å². The van der Waals surface area contributed by atoms with Crippen LogP contribution in [-0.4, -0.2) is 15.9 Å². The number of aromatic nitrogens is 2. The Kier molecular flexibility index (Phi) is 6.35. The van der Waals surface area contributed by atoms with E-state index in [0.29, 0.717) is 17.3 Å². The van der Waals surface area contributed by atoms with Crippen LogP contribution >= 0.6 is 0 Å². The molecule has 0 N–H and O–H groups in total. The van der Waals surface area contributed by atoms with E-state index in [1.807, 2.05) is 31.2 Å². The van der Waals surface area contributed by atoms with Crippen LogP contribution in [0.25, 0.3) is 11.3 Å². The number of halogens is 2. The van der Waals surface area contributed by atoms with Gasteiger partial charge in [0.15, 0.2) is 11.7 Å². The molecular weight excluding hydrogens is 412 g/mol. The second-order valence-corrected chi connectivity index (χ2v) is 7.38. The van der Waals surface area contributed by atoms with Crippen molar-refractivity contribution in [1.29, 1.82) is 0 Å². The minimum absolute atomic E-state index is 0.00481. The highest BCUT2D eigenvalue weighted by Gasteiger charge is 2.21. The van der Waals surface area contributed by atoms with E-state index in [2.05, 4.69) is 9.97 Å². The lowest BCUT2D eigenvalue weighted by molar-refractivity contribution is -0.118. The molecule has 0 atom stereocenters. The largest absolute Gasteiger partial charge is 0.441 e. The van der Waals surface area contributed by atoms with Crippen LogP contribution < -0.4 is 4.90 Å². The van der Waals surface area contributed by atoms with Gasteiger partial charge in [0.05, 0.1) is 24.1 Å². The highest BCUT2D eigenvalue weighted by Crippen LogP contribution is 2.24. The van der Waals surface area contributed by atoms with E-state index in [1.165, 1.54) is 11.0 Å². The fourth-order valence-corrected chi connectivity index (χ4v) is 3.29. The van der Waals surface area contributed by atoms with Crippen LogP contribution in [-0.2, 0) is 17.8 Å². The van der Waals surface area contributed by atoms with Crippen LogP contribution in [0.4, 0.5) is 14.5 Å². The third-order valence-corrected chi connectivity index (χ3v) is 4.99. The molecular formula is C25H21F2N3O2. The van der Waals surface area contributed by atoms with Crippen molar-refractivity contribution in [3.05, 3.63) is 102 Å². The highest BCUT2D eigenvalue weighted by atomic mass is 19.1. The van der Waals surface area contributed by atoms with Gasteiger partial charge in [0.25, 0.3) is 0 Å². The number of carbonyl (C=O) groups is 1. The maximum absolute atomic E-state index is 14.5. The number of carbonyl (C=O) groups excluding carboxylic acids is 1. The second-order valence-electron chi connectivity index (χ2n) is 7.38. The lowest BCUT2D eigenvalue weighted by Crippen LogP contribution is -2.31. The van der Waals surface area contributed by atoms with Gasteiger partial charge in [-0.2, -0.15) is 0 Å². The molecule has 32 heavy (non-hydrogen) atoms. The van der Waals surface area contributed by atoms with E-state index in [4.69, 9.17) is 4.42 Å². The number of anilines is 1. The first kappa shape index (κ1) is 21.4. The summed E-state index contributed by atoms with van der Waals surface area (Å²) >= 11 is 0. The second kappa shape index (κ2) is 9.51. The number of amides is 1.